The molecule has 0 spiro atoms. The van der Waals surface area contributed by atoms with E-state index in [0.29, 0.717) is 0 Å². The van der Waals surface area contributed by atoms with Crippen LogP contribution in [0.3, 0.4) is 0 Å². The SMILES string of the molecule is CCCc1nsc(NCc2cc(C)nc(N3CCCC3)c2)n1. The summed E-state index contributed by atoms with van der Waals surface area (Å²) in [5.41, 5.74) is 2.33. The Bertz CT molecular complexity index is 619. The van der Waals surface area contributed by atoms with Gasteiger partial charge in [0, 0.05) is 43.3 Å². The van der Waals surface area contributed by atoms with Gasteiger partial charge in [0.2, 0.25) is 5.13 Å². The number of nitrogens with zero attached hydrogens (tertiary/aromatic N) is 4. The van der Waals surface area contributed by atoms with Crippen molar-refractivity contribution in [3.8, 4) is 0 Å². The molecule has 0 aliphatic carbocycles. The molecule has 3 heterocycles. The van der Waals surface area contributed by atoms with Crippen molar-refractivity contribution in [2.75, 3.05) is 23.3 Å². The summed E-state index contributed by atoms with van der Waals surface area (Å²) in [6.45, 7) is 7.23. The quantitative estimate of drug-likeness (QED) is 0.885. The van der Waals surface area contributed by atoms with Crippen LogP contribution in [0.1, 0.15) is 43.3 Å². The first-order valence-electron chi connectivity index (χ1n) is 8.03. The molecule has 0 saturated carbocycles. The minimum absolute atomic E-state index is 0.769. The molecule has 2 aromatic heterocycles. The number of rotatable bonds is 6. The van der Waals surface area contributed by atoms with Crippen LogP contribution in [0.5, 0.6) is 0 Å². The summed E-state index contributed by atoms with van der Waals surface area (Å²) in [5.74, 6) is 2.05. The molecule has 1 aliphatic rings. The van der Waals surface area contributed by atoms with E-state index in [1.54, 1.807) is 0 Å². The van der Waals surface area contributed by atoms with Crippen molar-refractivity contribution in [2.24, 2.45) is 0 Å². The summed E-state index contributed by atoms with van der Waals surface area (Å²) in [7, 11) is 0. The van der Waals surface area contributed by atoms with Gasteiger partial charge in [-0.1, -0.05) is 6.92 Å². The van der Waals surface area contributed by atoms with Crippen molar-refractivity contribution >= 4 is 22.5 Å². The van der Waals surface area contributed by atoms with Gasteiger partial charge in [-0.25, -0.2) is 9.97 Å². The largest absolute Gasteiger partial charge is 0.357 e. The Morgan fingerprint density at radius 2 is 2.05 bits per heavy atom. The Labute approximate surface area is 136 Å². The molecule has 1 fully saturated rings. The fraction of sp³-hybridized carbons (Fsp3) is 0.562. The van der Waals surface area contributed by atoms with Crippen LogP contribution in [-0.2, 0) is 13.0 Å². The number of hydrogen-bond donors (Lipinski definition) is 1. The van der Waals surface area contributed by atoms with E-state index in [2.05, 4.69) is 50.5 Å². The molecule has 5 nitrogen and oxygen atoms in total. The van der Waals surface area contributed by atoms with Gasteiger partial charge >= 0.3 is 0 Å². The van der Waals surface area contributed by atoms with Gasteiger partial charge in [-0.15, -0.1) is 0 Å². The maximum atomic E-state index is 4.67. The van der Waals surface area contributed by atoms with Gasteiger partial charge in [-0.05, 0) is 43.9 Å². The van der Waals surface area contributed by atoms with Crippen LogP contribution in [0.2, 0.25) is 0 Å². The zero-order valence-corrected chi connectivity index (χ0v) is 14.1. The van der Waals surface area contributed by atoms with Crippen molar-refractivity contribution in [1.29, 1.82) is 0 Å². The van der Waals surface area contributed by atoms with Crippen LogP contribution in [0.15, 0.2) is 12.1 Å². The van der Waals surface area contributed by atoms with Crippen LogP contribution >= 0.6 is 11.5 Å². The van der Waals surface area contributed by atoms with Crippen molar-refractivity contribution in [3.63, 3.8) is 0 Å². The Hall–Kier alpha value is -1.69. The molecule has 0 amide bonds. The molecule has 2 aromatic rings. The Morgan fingerprint density at radius 1 is 1.23 bits per heavy atom. The minimum atomic E-state index is 0.769. The number of pyridine rings is 1. The molecular weight excluding hydrogens is 294 g/mol. The maximum absolute atomic E-state index is 4.67. The number of anilines is 2. The lowest BCUT2D eigenvalue weighted by Crippen LogP contribution is -2.19. The topological polar surface area (TPSA) is 53.9 Å². The van der Waals surface area contributed by atoms with Crippen molar-refractivity contribution < 1.29 is 0 Å². The fourth-order valence-electron chi connectivity index (χ4n) is 2.76. The van der Waals surface area contributed by atoms with Crippen molar-refractivity contribution in [1.82, 2.24) is 14.3 Å². The van der Waals surface area contributed by atoms with Crippen LogP contribution in [0, 0.1) is 6.92 Å². The van der Waals surface area contributed by atoms with E-state index in [4.69, 9.17) is 0 Å². The standard InChI is InChI=1S/C16H23N5S/c1-3-6-14-19-16(22-20-14)17-11-13-9-12(2)18-15(10-13)21-7-4-5-8-21/h9-10H,3-8,11H2,1-2H3,(H,17,19,20). The molecule has 1 saturated heterocycles. The third kappa shape index (κ3) is 3.74. The van der Waals surface area contributed by atoms with Crippen molar-refractivity contribution in [3.05, 3.63) is 29.2 Å². The summed E-state index contributed by atoms with van der Waals surface area (Å²) in [4.78, 5) is 11.6. The normalized spacial score (nSPS) is 14.5. The molecule has 118 valence electrons. The zero-order valence-electron chi connectivity index (χ0n) is 13.3. The summed E-state index contributed by atoms with van der Waals surface area (Å²) in [6, 6.07) is 4.33. The second-order valence-corrected chi connectivity index (χ2v) is 6.54. The smallest absolute Gasteiger partial charge is 0.202 e. The van der Waals surface area contributed by atoms with Gasteiger partial charge in [-0.2, -0.15) is 4.37 Å². The van der Waals surface area contributed by atoms with E-state index in [0.717, 1.165) is 54.9 Å². The predicted octanol–water partition coefficient (Wildman–Crippen LogP) is 3.41. The molecule has 22 heavy (non-hydrogen) atoms. The summed E-state index contributed by atoms with van der Waals surface area (Å²) < 4.78 is 4.36. The first kappa shape index (κ1) is 15.2. The number of nitrogens with one attached hydrogen (secondary N) is 1. The Morgan fingerprint density at radius 3 is 2.82 bits per heavy atom. The lowest BCUT2D eigenvalue weighted by atomic mass is 10.2. The Kier molecular flexibility index (Phi) is 4.87. The molecule has 1 aliphatic heterocycles. The van der Waals surface area contributed by atoms with Gasteiger partial charge in [-0.3, -0.25) is 0 Å². The lowest BCUT2D eigenvalue weighted by molar-refractivity contribution is 0.861. The Balaban J connectivity index is 1.66. The van der Waals surface area contributed by atoms with E-state index in [9.17, 15) is 0 Å². The second kappa shape index (κ2) is 7.05. The lowest BCUT2D eigenvalue weighted by Gasteiger charge is -2.18. The summed E-state index contributed by atoms with van der Waals surface area (Å²) in [5, 5.41) is 4.29. The van der Waals surface area contributed by atoms with Crippen LogP contribution in [-0.4, -0.2) is 27.4 Å². The first-order valence-corrected chi connectivity index (χ1v) is 8.81. The highest BCUT2D eigenvalue weighted by molar-refractivity contribution is 7.09. The average Bonchev–Trinajstić information content (AvgIpc) is 3.17. The van der Waals surface area contributed by atoms with Gasteiger partial charge in [0.25, 0.3) is 0 Å². The second-order valence-electron chi connectivity index (χ2n) is 5.79. The molecule has 3 rings (SSSR count). The van der Waals surface area contributed by atoms with E-state index >= 15 is 0 Å². The van der Waals surface area contributed by atoms with Crippen LogP contribution < -0.4 is 10.2 Å². The number of aromatic nitrogens is 3. The summed E-state index contributed by atoms with van der Waals surface area (Å²) in [6.07, 6.45) is 4.58. The maximum Gasteiger partial charge on any atom is 0.202 e. The minimum Gasteiger partial charge on any atom is -0.357 e. The third-order valence-corrected chi connectivity index (χ3v) is 4.53. The zero-order chi connectivity index (χ0) is 15.4. The van der Waals surface area contributed by atoms with E-state index in [1.807, 2.05) is 0 Å². The highest BCUT2D eigenvalue weighted by atomic mass is 32.1. The molecule has 0 radical (unpaired) electrons. The van der Waals surface area contributed by atoms with Crippen LogP contribution in [0.25, 0.3) is 0 Å². The molecule has 1 N–H and O–H groups in total. The van der Waals surface area contributed by atoms with Gasteiger partial charge in [0.1, 0.15) is 11.6 Å². The van der Waals surface area contributed by atoms with E-state index in [-0.39, 0.29) is 0 Å². The van der Waals surface area contributed by atoms with Gasteiger partial charge in [0.05, 0.1) is 0 Å². The molecule has 0 bridgehead atoms. The fourth-order valence-corrected chi connectivity index (χ4v) is 3.37. The molecule has 0 aromatic carbocycles. The average molecular weight is 317 g/mol. The van der Waals surface area contributed by atoms with Gasteiger partial charge < -0.3 is 10.2 Å². The van der Waals surface area contributed by atoms with E-state index in [1.165, 1.54) is 29.9 Å². The molecule has 0 unspecified atom stereocenters. The van der Waals surface area contributed by atoms with Gasteiger partial charge in [0.15, 0.2) is 0 Å². The number of hydrogen-bond acceptors (Lipinski definition) is 6. The highest BCUT2D eigenvalue weighted by Crippen LogP contribution is 2.21. The predicted molar refractivity (Wildman–Crippen MR) is 91.7 cm³/mol. The molecular formula is C16H23N5S. The monoisotopic (exact) mass is 317 g/mol. The molecule has 0 atom stereocenters. The van der Waals surface area contributed by atoms with Crippen LogP contribution in [0.4, 0.5) is 10.9 Å². The third-order valence-electron chi connectivity index (χ3n) is 3.82. The molecule has 6 heteroatoms. The highest BCUT2D eigenvalue weighted by Gasteiger charge is 2.14. The van der Waals surface area contributed by atoms with Crippen molar-refractivity contribution in [2.45, 2.75) is 46.1 Å². The first-order chi connectivity index (χ1) is 10.7. The van der Waals surface area contributed by atoms with E-state index < -0.39 is 0 Å². The summed E-state index contributed by atoms with van der Waals surface area (Å²) >= 11 is 1.44. The number of aryl methyl sites for hydroxylation is 2.